The Morgan fingerprint density at radius 1 is 0.977 bits per heavy atom. The van der Waals surface area contributed by atoms with E-state index in [9.17, 15) is 9.18 Å². The van der Waals surface area contributed by atoms with Gasteiger partial charge in [-0.05, 0) is 65.5 Å². The molecule has 2 aromatic carbocycles. The number of rotatable bonds is 10. The SMILES string of the molecule is CC(C)c1ccc(COc2ccc(-c3c(-c4ccncc4)nn4c3C(=O)N(CCO[Si](C)(C)C(C)(C)C)CC4)cc2)c(F)c1. The summed E-state index contributed by atoms with van der Waals surface area (Å²) in [5, 5.41) is 5.01. The van der Waals surface area contributed by atoms with Gasteiger partial charge in [0.15, 0.2) is 8.32 Å². The zero-order valence-electron chi connectivity index (χ0n) is 26.9. The van der Waals surface area contributed by atoms with E-state index in [4.69, 9.17) is 14.3 Å². The molecule has 232 valence electrons. The molecule has 7 nitrogen and oxygen atoms in total. The van der Waals surface area contributed by atoms with Crippen LogP contribution in [0.15, 0.2) is 67.0 Å². The van der Waals surface area contributed by atoms with Crippen molar-refractivity contribution in [3.63, 3.8) is 0 Å². The molecule has 0 radical (unpaired) electrons. The first-order chi connectivity index (χ1) is 20.9. The summed E-state index contributed by atoms with van der Waals surface area (Å²) in [6, 6.07) is 16.7. The fourth-order valence-electron chi connectivity index (χ4n) is 5.05. The second-order valence-corrected chi connectivity index (χ2v) is 18.1. The maximum atomic E-state index is 14.6. The van der Waals surface area contributed by atoms with Crippen LogP contribution in [0.1, 0.15) is 62.2 Å². The Morgan fingerprint density at radius 2 is 1.68 bits per heavy atom. The fourth-order valence-corrected chi connectivity index (χ4v) is 6.09. The maximum Gasteiger partial charge on any atom is 0.272 e. The molecular weight excluding hydrogens is 571 g/mol. The third kappa shape index (κ3) is 6.64. The summed E-state index contributed by atoms with van der Waals surface area (Å²) in [5.41, 5.74) is 5.28. The number of carbonyl (C=O) groups is 1. The first-order valence-corrected chi connectivity index (χ1v) is 18.2. The summed E-state index contributed by atoms with van der Waals surface area (Å²) in [7, 11) is -1.93. The lowest BCUT2D eigenvalue weighted by Crippen LogP contribution is -2.46. The third-order valence-electron chi connectivity index (χ3n) is 8.89. The van der Waals surface area contributed by atoms with Crippen LogP contribution in [0.4, 0.5) is 4.39 Å². The number of ether oxygens (including phenoxy) is 1. The van der Waals surface area contributed by atoms with Crippen molar-refractivity contribution < 1.29 is 18.3 Å². The molecule has 2 aromatic heterocycles. The molecule has 5 rings (SSSR count). The standard InChI is InChI=1S/C35H43FN4O3Si/c1-24(2)27-8-9-28(30(36)22-27)23-42-29-12-10-25(11-13-29)31-32(26-14-16-37-17-15-26)38-40-19-18-39(34(41)33(31)40)20-21-43-44(6,7)35(3,4)5/h8-17,22,24H,18-21,23H2,1-7H3. The first-order valence-electron chi connectivity index (χ1n) is 15.3. The topological polar surface area (TPSA) is 69.5 Å². The molecule has 0 aliphatic carbocycles. The van der Waals surface area contributed by atoms with Crippen LogP contribution in [0.2, 0.25) is 18.1 Å². The van der Waals surface area contributed by atoms with Crippen molar-refractivity contribution in [3.8, 4) is 28.1 Å². The number of fused-ring (bicyclic) bond motifs is 1. The summed E-state index contributed by atoms with van der Waals surface area (Å²) in [4.78, 5) is 20.0. The van der Waals surface area contributed by atoms with Gasteiger partial charge in [-0.15, -0.1) is 0 Å². The number of carbonyl (C=O) groups excluding carboxylic acids is 1. The minimum Gasteiger partial charge on any atom is -0.489 e. The maximum absolute atomic E-state index is 14.6. The average Bonchev–Trinajstić information content (AvgIpc) is 3.38. The van der Waals surface area contributed by atoms with Gasteiger partial charge in [-0.1, -0.05) is 58.9 Å². The van der Waals surface area contributed by atoms with Gasteiger partial charge in [-0.25, -0.2) is 4.39 Å². The van der Waals surface area contributed by atoms with Crippen LogP contribution in [0.3, 0.4) is 0 Å². The van der Waals surface area contributed by atoms with Crippen molar-refractivity contribution in [2.24, 2.45) is 0 Å². The normalized spacial score (nSPS) is 13.8. The van der Waals surface area contributed by atoms with E-state index >= 15 is 0 Å². The van der Waals surface area contributed by atoms with Crippen LogP contribution < -0.4 is 4.74 Å². The highest BCUT2D eigenvalue weighted by Gasteiger charge is 2.38. The molecular formula is C35H43FN4O3Si. The fraction of sp³-hybridized carbons (Fsp3) is 0.400. The van der Waals surface area contributed by atoms with Gasteiger partial charge in [0.05, 0.1) is 13.2 Å². The predicted octanol–water partition coefficient (Wildman–Crippen LogP) is 7.93. The lowest BCUT2D eigenvalue weighted by molar-refractivity contribution is 0.0666. The van der Waals surface area contributed by atoms with Crippen molar-refractivity contribution in [2.45, 2.75) is 71.8 Å². The predicted molar refractivity (Wildman–Crippen MR) is 175 cm³/mol. The second-order valence-electron chi connectivity index (χ2n) is 13.3. The Hall–Kier alpha value is -3.82. The molecule has 0 bridgehead atoms. The summed E-state index contributed by atoms with van der Waals surface area (Å²) < 4.78 is 28.8. The van der Waals surface area contributed by atoms with E-state index in [1.807, 2.05) is 65.9 Å². The molecule has 1 aliphatic heterocycles. The number of aromatic nitrogens is 3. The van der Waals surface area contributed by atoms with E-state index in [1.165, 1.54) is 0 Å². The smallest absolute Gasteiger partial charge is 0.272 e. The highest BCUT2D eigenvalue weighted by molar-refractivity contribution is 6.74. The highest BCUT2D eigenvalue weighted by Crippen LogP contribution is 2.38. The molecule has 1 aliphatic rings. The molecule has 9 heteroatoms. The molecule has 0 fully saturated rings. The van der Waals surface area contributed by atoms with Gasteiger partial charge >= 0.3 is 0 Å². The molecule has 0 spiro atoms. The summed E-state index contributed by atoms with van der Waals surface area (Å²) in [6.45, 7) is 17.5. The molecule has 0 unspecified atom stereocenters. The highest BCUT2D eigenvalue weighted by atomic mass is 28.4. The molecule has 0 saturated carbocycles. The quantitative estimate of drug-likeness (QED) is 0.170. The number of amides is 1. The summed E-state index contributed by atoms with van der Waals surface area (Å²) in [5.74, 6) is 0.550. The van der Waals surface area contributed by atoms with Gasteiger partial charge < -0.3 is 14.1 Å². The number of hydrogen-bond acceptors (Lipinski definition) is 5. The molecule has 0 saturated heterocycles. The average molecular weight is 615 g/mol. The van der Waals surface area contributed by atoms with Crippen molar-refractivity contribution in [2.75, 3.05) is 19.7 Å². The van der Waals surface area contributed by atoms with Gasteiger partial charge in [0.1, 0.15) is 29.6 Å². The zero-order chi connectivity index (χ0) is 31.6. The van der Waals surface area contributed by atoms with Crippen LogP contribution in [0.25, 0.3) is 22.4 Å². The van der Waals surface area contributed by atoms with E-state index in [2.05, 4.69) is 38.8 Å². The van der Waals surface area contributed by atoms with Gasteiger partial charge in [-0.3, -0.25) is 14.5 Å². The number of pyridine rings is 1. The Balaban J connectivity index is 1.39. The number of nitrogens with zero attached hydrogens (tertiary/aromatic N) is 4. The zero-order valence-corrected chi connectivity index (χ0v) is 27.9. The molecule has 4 aromatic rings. The van der Waals surface area contributed by atoms with Crippen LogP contribution in [0.5, 0.6) is 5.75 Å². The van der Waals surface area contributed by atoms with Gasteiger partial charge in [0.25, 0.3) is 5.91 Å². The Kier molecular flexibility index (Phi) is 9.09. The van der Waals surface area contributed by atoms with Gasteiger partial charge in [0.2, 0.25) is 0 Å². The number of halogens is 1. The number of benzene rings is 2. The Bertz CT molecular complexity index is 1610. The Morgan fingerprint density at radius 3 is 2.32 bits per heavy atom. The minimum atomic E-state index is -1.93. The van der Waals surface area contributed by atoms with Crippen molar-refractivity contribution in [3.05, 3.63) is 89.6 Å². The van der Waals surface area contributed by atoms with Gasteiger partial charge in [0, 0.05) is 42.2 Å². The molecule has 1 amide bonds. The summed E-state index contributed by atoms with van der Waals surface area (Å²) in [6.07, 6.45) is 3.46. The van der Waals surface area contributed by atoms with E-state index in [-0.39, 0.29) is 29.3 Å². The minimum absolute atomic E-state index is 0.0569. The molecule has 0 N–H and O–H groups in total. The second kappa shape index (κ2) is 12.7. The first kappa shape index (κ1) is 31.6. The molecule has 44 heavy (non-hydrogen) atoms. The monoisotopic (exact) mass is 614 g/mol. The molecule has 0 atom stereocenters. The third-order valence-corrected chi connectivity index (χ3v) is 13.4. The molecule has 3 heterocycles. The van der Waals surface area contributed by atoms with Crippen molar-refractivity contribution >= 4 is 14.2 Å². The number of hydrogen-bond donors (Lipinski definition) is 0. The summed E-state index contributed by atoms with van der Waals surface area (Å²) >= 11 is 0. The largest absolute Gasteiger partial charge is 0.489 e. The van der Waals surface area contributed by atoms with Crippen LogP contribution >= 0.6 is 0 Å². The van der Waals surface area contributed by atoms with E-state index < -0.39 is 8.32 Å². The van der Waals surface area contributed by atoms with Crippen molar-refractivity contribution in [1.82, 2.24) is 19.7 Å². The van der Waals surface area contributed by atoms with E-state index in [0.717, 1.165) is 27.9 Å². The van der Waals surface area contributed by atoms with Crippen LogP contribution in [-0.4, -0.2) is 53.6 Å². The lowest BCUT2D eigenvalue weighted by atomic mass is 9.98. The van der Waals surface area contributed by atoms with Crippen LogP contribution in [0, 0.1) is 5.82 Å². The van der Waals surface area contributed by atoms with Crippen LogP contribution in [-0.2, 0) is 17.6 Å². The lowest BCUT2D eigenvalue weighted by Gasteiger charge is -2.37. The van der Waals surface area contributed by atoms with Gasteiger partial charge in [-0.2, -0.15) is 5.10 Å². The van der Waals surface area contributed by atoms with Crippen molar-refractivity contribution in [1.29, 1.82) is 0 Å². The Labute approximate surface area is 261 Å². The van der Waals surface area contributed by atoms with E-state index in [0.29, 0.717) is 43.2 Å². The van der Waals surface area contributed by atoms with E-state index in [1.54, 1.807) is 24.5 Å².